The average Bonchev–Trinajstić information content (AvgIpc) is 3.17. The quantitative estimate of drug-likeness (QED) is 0.344. The average molecular weight is 415 g/mol. The minimum absolute atomic E-state index is 0.0474. The summed E-state index contributed by atoms with van der Waals surface area (Å²) in [5, 5.41) is 19.5. The fraction of sp³-hybridized carbons (Fsp3) is 0.682. The number of rotatable bonds is 5. The molecule has 29 heavy (non-hydrogen) atoms. The van der Waals surface area contributed by atoms with Gasteiger partial charge in [0.15, 0.2) is 0 Å². The maximum Gasteiger partial charge on any atom is 0.271 e. The number of fused-ring (bicyclic) bond motifs is 1. The highest BCUT2D eigenvalue weighted by Gasteiger charge is 2.32. The van der Waals surface area contributed by atoms with Crippen molar-refractivity contribution >= 4 is 33.9 Å². The normalized spacial score (nSPS) is 27.8. The molecule has 6 nitrogen and oxygen atoms in total. The van der Waals surface area contributed by atoms with Gasteiger partial charge in [-0.2, -0.15) is 0 Å². The molecule has 0 N–H and O–H groups in total. The summed E-state index contributed by atoms with van der Waals surface area (Å²) in [6.07, 6.45) is 13.0. The Balaban J connectivity index is 1.38. The number of benzene rings is 1. The first-order valence-corrected chi connectivity index (χ1v) is 11.5. The highest BCUT2D eigenvalue weighted by molar-refractivity contribution is 7.80. The van der Waals surface area contributed by atoms with Crippen LogP contribution in [-0.4, -0.2) is 24.9 Å². The molecule has 0 radical (unpaired) electrons. The SMILES string of the molecule is CCCC1CCC(C2CCC(C(=S)n3nnc4ccc([N+](=O)[O-])cc43)CC2)CC1. The van der Waals surface area contributed by atoms with Gasteiger partial charge in [-0.05, 0) is 62.3 Å². The molecule has 7 heteroatoms. The number of non-ortho nitro benzene ring substituents is 1. The molecule has 0 spiro atoms. The second-order valence-electron chi connectivity index (χ2n) is 8.95. The van der Waals surface area contributed by atoms with Crippen molar-refractivity contribution in [3.05, 3.63) is 28.3 Å². The molecule has 1 aromatic carbocycles. The summed E-state index contributed by atoms with van der Waals surface area (Å²) in [7, 11) is 0. The Kier molecular flexibility index (Phi) is 6.23. The molecule has 0 bridgehead atoms. The van der Waals surface area contributed by atoms with E-state index >= 15 is 0 Å². The molecule has 0 saturated heterocycles. The van der Waals surface area contributed by atoms with Gasteiger partial charge in [0.25, 0.3) is 5.69 Å². The predicted molar refractivity (Wildman–Crippen MR) is 118 cm³/mol. The first-order chi connectivity index (χ1) is 14.1. The third kappa shape index (κ3) is 4.34. The third-order valence-electron chi connectivity index (χ3n) is 7.22. The van der Waals surface area contributed by atoms with E-state index in [4.69, 9.17) is 12.2 Å². The highest BCUT2D eigenvalue weighted by atomic mass is 32.1. The second kappa shape index (κ2) is 8.86. The van der Waals surface area contributed by atoms with Gasteiger partial charge in [0.2, 0.25) is 0 Å². The molecule has 0 amide bonds. The van der Waals surface area contributed by atoms with Crippen molar-refractivity contribution in [2.75, 3.05) is 0 Å². The number of nitro groups is 1. The molecule has 1 heterocycles. The van der Waals surface area contributed by atoms with Crippen molar-refractivity contribution in [2.24, 2.45) is 23.7 Å². The Morgan fingerprint density at radius 3 is 2.41 bits per heavy atom. The molecule has 2 fully saturated rings. The van der Waals surface area contributed by atoms with Crippen LogP contribution in [-0.2, 0) is 0 Å². The lowest BCUT2D eigenvalue weighted by Crippen LogP contribution is -2.30. The van der Waals surface area contributed by atoms with Gasteiger partial charge in [-0.15, -0.1) is 5.10 Å². The summed E-state index contributed by atoms with van der Waals surface area (Å²) in [6, 6.07) is 4.64. The summed E-state index contributed by atoms with van der Waals surface area (Å²) < 4.78 is 1.65. The summed E-state index contributed by atoms with van der Waals surface area (Å²) in [5.74, 6) is 3.00. The molecule has 1 aromatic heterocycles. The van der Waals surface area contributed by atoms with Crippen LogP contribution in [0.4, 0.5) is 5.69 Å². The monoisotopic (exact) mass is 414 g/mol. The predicted octanol–water partition coefficient (Wildman–Crippen LogP) is 5.93. The van der Waals surface area contributed by atoms with E-state index in [0.29, 0.717) is 17.0 Å². The van der Waals surface area contributed by atoms with E-state index in [2.05, 4.69) is 17.2 Å². The summed E-state index contributed by atoms with van der Waals surface area (Å²) in [6.45, 7) is 2.30. The lowest BCUT2D eigenvalue weighted by Gasteiger charge is -2.38. The summed E-state index contributed by atoms with van der Waals surface area (Å²) in [5.41, 5.74) is 1.34. The van der Waals surface area contributed by atoms with Crippen molar-refractivity contribution in [3.8, 4) is 0 Å². The van der Waals surface area contributed by atoms with Crippen LogP contribution >= 0.6 is 12.2 Å². The van der Waals surface area contributed by atoms with Gasteiger partial charge >= 0.3 is 0 Å². The van der Waals surface area contributed by atoms with Gasteiger partial charge < -0.3 is 0 Å². The lowest BCUT2D eigenvalue weighted by atomic mass is 9.68. The van der Waals surface area contributed by atoms with Gasteiger partial charge in [-0.1, -0.05) is 50.0 Å². The van der Waals surface area contributed by atoms with Crippen molar-refractivity contribution < 1.29 is 4.92 Å². The molecule has 4 rings (SSSR count). The fourth-order valence-electron chi connectivity index (χ4n) is 5.55. The molecular weight excluding hydrogens is 384 g/mol. The number of nitro benzene ring substituents is 1. The molecule has 2 saturated carbocycles. The van der Waals surface area contributed by atoms with Crippen molar-refractivity contribution in [3.63, 3.8) is 0 Å². The third-order valence-corrected chi connectivity index (χ3v) is 7.73. The zero-order chi connectivity index (χ0) is 20.4. The van der Waals surface area contributed by atoms with Crippen molar-refractivity contribution in [2.45, 2.75) is 71.1 Å². The Hall–Kier alpha value is -1.89. The van der Waals surface area contributed by atoms with Gasteiger partial charge in [-0.25, -0.2) is 4.68 Å². The maximum atomic E-state index is 11.1. The molecule has 0 unspecified atom stereocenters. The molecular formula is C22H30N4O2S. The van der Waals surface area contributed by atoms with Crippen molar-refractivity contribution in [1.29, 1.82) is 0 Å². The van der Waals surface area contributed by atoms with Crippen LogP contribution in [0.25, 0.3) is 11.0 Å². The minimum Gasteiger partial charge on any atom is -0.258 e. The van der Waals surface area contributed by atoms with Crippen LogP contribution in [0.5, 0.6) is 0 Å². The van der Waals surface area contributed by atoms with E-state index < -0.39 is 0 Å². The van der Waals surface area contributed by atoms with Crippen molar-refractivity contribution in [1.82, 2.24) is 15.0 Å². The summed E-state index contributed by atoms with van der Waals surface area (Å²) in [4.78, 5) is 11.5. The van der Waals surface area contributed by atoms with E-state index in [1.165, 1.54) is 63.5 Å². The molecule has 0 aliphatic heterocycles. The van der Waals surface area contributed by atoms with Gasteiger partial charge in [-0.3, -0.25) is 10.1 Å². The Bertz CT molecular complexity index is 880. The number of hydrogen-bond donors (Lipinski definition) is 0. The van der Waals surface area contributed by atoms with Crippen LogP contribution in [0.15, 0.2) is 18.2 Å². The Morgan fingerprint density at radius 2 is 1.79 bits per heavy atom. The second-order valence-corrected chi connectivity index (χ2v) is 9.37. The first kappa shape index (κ1) is 20.4. The lowest BCUT2D eigenvalue weighted by molar-refractivity contribution is -0.384. The highest BCUT2D eigenvalue weighted by Crippen LogP contribution is 2.42. The Labute approximate surface area is 177 Å². The largest absolute Gasteiger partial charge is 0.271 e. The topological polar surface area (TPSA) is 73.8 Å². The maximum absolute atomic E-state index is 11.1. The van der Waals surface area contributed by atoms with Crippen LogP contribution in [0.2, 0.25) is 0 Å². The van der Waals surface area contributed by atoms with Crippen LogP contribution in [0.3, 0.4) is 0 Å². The fourth-order valence-corrected chi connectivity index (χ4v) is 5.92. The van der Waals surface area contributed by atoms with E-state index in [0.717, 1.165) is 35.6 Å². The number of nitrogens with zero attached hydrogens (tertiary/aromatic N) is 4. The molecule has 2 aromatic rings. The zero-order valence-corrected chi connectivity index (χ0v) is 17.9. The van der Waals surface area contributed by atoms with Gasteiger partial charge in [0, 0.05) is 18.1 Å². The minimum atomic E-state index is -0.389. The molecule has 2 aliphatic rings. The van der Waals surface area contributed by atoms with E-state index in [1.54, 1.807) is 10.7 Å². The number of aromatic nitrogens is 3. The summed E-state index contributed by atoms with van der Waals surface area (Å²) >= 11 is 5.76. The standard InChI is InChI=1S/C22H30N4O2S/c1-2-3-15-4-6-16(7-5-15)17-8-10-18(11-9-17)22(29)25-21-14-19(26(27)28)12-13-20(21)23-24-25/h12-18H,2-11H2,1H3. The molecule has 2 aliphatic carbocycles. The Morgan fingerprint density at radius 1 is 1.14 bits per heavy atom. The number of hydrogen-bond acceptors (Lipinski definition) is 5. The van der Waals surface area contributed by atoms with E-state index in [1.807, 2.05) is 0 Å². The van der Waals surface area contributed by atoms with Crippen LogP contribution in [0.1, 0.15) is 71.1 Å². The molecule has 0 atom stereocenters. The number of thiocarbonyl (C=S) groups is 1. The van der Waals surface area contributed by atoms with E-state index in [-0.39, 0.29) is 10.6 Å². The smallest absolute Gasteiger partial charge is 0.258 e. The van der Waals surface area contributed by atoms with Crippen LogP contribution in [0, 0.1) is 33.8 Å². The first-order valence-electron chi connectivity index (χ1n) is 11.1. The zero-order valence-electron chi connectivity index (χ0n) is 17.1. The molecule has 156 valence electrons. The van der Waals surface area contributed by atoms with E-state index in [9.17, 15) is 10.1 Å². The van der Waals surface area contributed by atoms with Gasteiger partial charge in [0.1, 0.15) is 16.0 Å². The van der Waals surface area contributed by atoms with Gasteiger partial charge in [0.05, 0.1) is 4.92 Å². The van der Waals surface area contributed by atoms with Crippen LogP contribution < -0.4 is 0 Å².